The molecule has 1 aromatic rings. The number of hydrogen-bond donors (Lipinski definition) is 2. The van der Waals surface area contributed by atoms with Crippen LogP contribution in [-0.4, -0.2) is 18.5 Å². The molecule has 0 bridgehead atoms. The molecule has 0 aromatic heterocycles. The fourth-order valence-electron chi connectivity index (χ4n) is 1.09. The average molecular weight is 306 g/mol. The van der Waals surface area contributed by atoms with Gasteiger partial charge < -0.3 is 10.6 Å². The third-order valence-corrected chi connectivity index (χ3v) is 3.29. The van der Waals surface area contributed by atoms with Crippen molar-refractivity contribution in [1.82, 2.24) is 5.32 Å². The van der Waals surface area contributed by atoms with Crippen molar-refractivity contribution in [2.24, 2.45) is 0 Å². The van der Waals surface area contributed by atoms with E-state index in [9.17, 15) is 4.79 Å². The lowest BCUT2D eigenvalue weighted by Crippen LogP contribution is -2.32. The summed E-state index contributed by atoms with van der Waals surface area (Å²) >= 11 is 9.23. The van der Waals surface area contributed by atoms with E-state index in [-0.39, 0.29) is 18.5 Å². The number of amides is 1. The molecular formula is C11H14BrClN2O. The van der Waals surface area contributed by atoms with Gasteiger partial charge >= 0.3 is 0 Å². The highest BCUT2D eigenvalue weighted by Gasteiger charge is 2.07. The van der Waals surface area contributed by atoms with Crippen LogP contribution in [0.5, 0.6) is 0 Å². The van der Waals surface area contributed by atoms with Crippen LogP contribution in [0, 0.1) is 0 Å². The van der Waals surface area contributed by atoms with E-state index in [1.54, 1.807) is 18.2 Å². The van der Waals surface area contributed by atoms with Crippen LogP contribution in [0.2, 0.25) is 5.02 Å². The molecule has 0 atom stereocenters. The maximum Gasteiger partial charge on any atom is 0.238 e. The minimum Gasteiger partial charge on any atom is -0.324 e. The monoisotopic (exact) mass is 304 g/mol. The van der Waals surface area contributed by atoms with Crippen LogP contribution in [0.4, 0.5) is 5.69 Å². The van der Waals surface area contributed by atoms with E-state index in [1.165, 1.54) is 0 Å². The SMILES string of the molecule is CC(C)NCC(=O)Nc1cccc(Cl)c1Br. The first-order chi connectivity index (χ1) is 7.50. The van der Waals surface area contributed by atoms with Gasteiger partial charge in [-0.15, -0.1) is 0 Å². The van der Waals surface area contributed by atoms with Crippen molar-refractivity contribution in [1.29, 1.82) is 0 Å². The van der Waals surface area contributed by atoms with Gasteiger partial charge in [-0.25, -0.2) is 0 Å². The number of rotatable bonds is 4. The Morgan fingerprint density at radius 2 is 2.19 bits per heavy atom. The van der Waals surface area contributed by atoms with Crippen molar-refractivity contribution in [3.63, 3.8) is 0 Å². The maximum atomic E-state index is 11.5. The van der Waals surface area contributed by atoms with Crippen LogP contribution < -0.4 is 10.6 Å². The molecule has 0 saturated heterocycles. The molecule has 0 aliphatic heterocycles. The summed E-state index contributed by atoms with van der Waals surface area (Å²) in [4.78, 5) is 11.5. The Kier molecular flexibility index (Phi) is 5.25. The number of anilines is 1. The summed E-state index contributed by atoms with van der Waals surface area (Å²) in [5, 5.41) is 6.39. The highest BCUT2D eigenvalue weighted by molar-refractivity contribution is 9.10. The minimum atomic E-state index is -0.0864. The van der Waals surface area contributed by atoms with Crippen molar-refractivity contribution < 1.29 is 4.79 Å². The standard InChI is InChI=1S/C11H14BrClN2O/c1-7(2)14-6-10(16)15-9-5-3-4-8(13)11(9)12/h3-5,7,14H,6H2,1-2H3,(H,15,16). The normalized spacial score (nSPS) is 10.6. The Balaban J connectivity index is 2.59. The Morgan fingerprint density at radius 1 is 1.50 bits per heavy atom. The molecule has 0 fully saturated rings. The topological polar surface area (TPSA) is 41.1 Å². The van der Waals surface area contributed by atoms with Crippen LogP contribution in [0.15, 0.2) is 22.7 Å². The summed E-state index contributed by atoms with van der Waals surface area (Å²) in [6.07, 6.45) is 0. The Hall–Kier alpha value is -0.580. The Labute approximate surface area is 109 Å². The molecule has 0 heterocycles. The van der Waals surface area contributed by atoms with Gasteiger partial charge in [0.25, 0.3) is 0 Å². The van der Waals surface area contributed by atoms with Crippen molar-refractivity contribution in [3.05, 3.63) is 27.7 Å². The molecule has 3 nitrogen and oxygen atoms in total. The molecule has 0 spiro atoms. The fourth-order valence-corrected chi connectivity index (χ4v) is 1.63. The van der Waals surface area contributed by atoms with Gasteiger partial charge in [0.15, 0.2) is 0 Å². The van der Waals surface area contributed by atoms with Crippen LogP contribution in [0.25, 0.3) is 0 Å². The van der Waals surface area contributed by atoms with Crippen molar-refractivity contribution in [3.8, 4) is 0 Å². The summed E-state index contributed by atoms with van der Waals surface area (Å²) < 4.78 is 0.703. The first-order valence-corrected chi connectivity index (χ1v) is 6.15. The summed E-state index contributed by atoms with van der Waals surface area (Å²) in [6.45, 7) is 4.27. The van der Waals surface area contributed by atoms with Gasteiger partial charge in [-0.2, -0.15) is 0 Å². The van der Waals surface area contributed by atoms with E-state index in [1.807, 2.05) is 13.8 Å². The second-order valence-electron chi connectivity index (χ2n) is 3.69. The van der Waals surface area contributed by atoms with E-state index in [0.717, 1.165) is 0 Å². The first-order valence-electron chi connectivity index (χ1n) is 4.98. The van der Waals surface area contributed by atoms with E-state index in [0.29, 0.717) is 15.2 Å². The van der Waals surface area contributed by atoms with Gasteiger partial charge in [0.05, 0.1) is 21.7 Å². The smallest absolute Gasteiger partial charge is 0.238 e. The van der Waals surface area contributed by atoms with Gasteiger partial charge in [-0.3, -0.25) is 4.79 Å². The summed E-state index contributed by atoms with van der Waals surface area (Å²) in [7, 11) is 0. The van der Waals surface area contributed by atoms with Crippen LogP contribution in [0.1, 0.15) is 13.8 Å². The number of nitrogens with one attached hydrogen (secondary N) is 2. The molecule has 0 aliphatic carbocycles. The zero-order valence-electron chi connectivity index (χ0n) is 9.18. The predicted octanol–water partition coefficient (Wildman–Crippen LogP) is 3.04. The lowest BCUT2D eigenvalue weighted by atomic mass is 10.3. The van der Waals surface area contributed by atoms with Gasteiger partial charge in [-0.1, -0.05) is 31.5 Å². The molecule has 1 aromatic carbocycles. The maximum absolute atomic E-state index is 11.5. The fraction of sp³-hybridized carbons (Fsp3) is 0.364. The van der Waals surface area contributed by atoms with Gasteiger partial charge in [0, 0.05) is 6.04 Å². The van der Waals surface area contributed by atoms with Gasteiger partial charge in [0.1, 0.15) is 0 Å². The highest BCUT2D eigenvalue weighted by atomic mass is 79.9. The second kappa shape index (κ2) is 6.23. The molecule has 0 aliphatic rings. The average Bonchev–Trinajstić information content (AvgIpc) is 2.22. The molecule has 0 unspecified atom stereocenters. The molecule has 16 heavy (non-hydrogen) atoms. The van der Waals surface area contributed by atoms with Crippen LogP contribution in [-0.2, 0) is 4.79 Å². The quantitative estimate of drug-likeness (QED) is 0.898. The minimum absolute atomic E-state index is 0.0864. The first kappa shape index (κ1) is 13.5. The largest absolute Gasteiger partial charge is 0.324 e. The summed E-state index contributed by atoms with van der Waals surface area (Å²) in [5.41, 5.74) is 0.683. The lowest BCUT2D eigenvalue weighted by Gasteiger charge is -2.10. The van der Waals surface area contributed by atoms with E-state index in [4.69, 9.17) is 11.6 Å². The number of hydrogen-bond acceptors (Lipinski definition) is 2. The lowest BCUT2D eigenvalue weighted by molar-refractivity contribution is -0.115. The van der Waals surface area contributed by atoms with Gasteiger partial charge in [0.2, 0.25) is 5.91 Å². The third-order valence-electron chi connectivity index (χ3n) is 1.90. The third kappa shape index (κ3) is 4.12. The summed E-state index contributed by atoms with van der Waals surface area (Å²) in [5.74, 6) is -0.0864. The highest BCUT2D eigenvalue weighted by Crippen LogP contribution is 2.29. The van der Waals surface area contributed by atoms with E-state index < -0.39 is 0 Å². The van der Waals surface area contributed by atoms with Crippen molar-refractivity contribution in [2.45, 2.75) is 19.9 Å². The van der Waals surface area contributed by atoms with Crippen molar-refractivity contribution in [2.75, 3.05) is 11.9 Å². The molecule has 1 rings (SSSR count). The van der Waals surface area contributed by atoms with Gasteiger partial charge in [-0.05, 0) is 28.1 Å². The molecule has 5 heteroatoms. The van der Waals surface area contributed by atoms with Crippen LogP contribution >= 0.6 is 27.5 Å². The zero-order chi connectivity index (χ0) is 12.1. The summed E-state index contributed by atoms with van der Waals surface area (Å²) in [6, 6.07) is 5.63. The van der Waals surface area contributed by atoms with Crippen molar-refractivity contribution >= 4 is 39.1 Å². The molecular weight excluding hydrogens is 291 g/mol. The van der Waals surface area contributed by atoms with E-state index >= 15 is 0 Å². The molecule has 0 saturated carbocycles. The number of carbonyl (C=O) groups excluding carboxylic acids is 1. The molecule has 0 radical (unpaired) electrons. The van der Waals surface area contributed by atoms with E-state index in [2.05, 4.69) is 26.6 Å². The number of benzene rings is 1. The van der Waals surface area contributed by atoms with Crippen LogP contribution in [0.3, 0.4) is 0 Å². The zero-order valence-corrected chi connectivity index (χ0v) is 11.5. The Bertz CT molecular complexity index is 382. The Morgan fingerprint density at radius 3 is 2.81 bits per heavy atom. The number of halogens is 2. The molecule has 88 valence electrons. The molecule has 1 amide bonds. The number of carbonyl (C=O) groups is 1. The second-order valence-corrected chi connectivity index (χ2v) is 4.89. The predicted molar refractivity (Wildman–Crippen MR) is 70.9 cm³/mol. The molecule has 2 N–H and O–H groups in total.